The third-order valence-corrected chi connectivity index (χ3v) is 2.89. The molecule has 0 amide bonds. The molecule has 2 rings (SSSR count). The van der Waals surface area contributed by atoms with Crippen molar-refractivity contribution >= 4 is 17.4 Å². The molecule has 0 saturated carbocycles. The van der Waals surface area contributed by atoms with Gasteiger partial charge in [0.25, 0.3) is 0 Å². The molecule has 0 aliphatic heterocycles. The van der Waals surface area contributed by atoms with Crippen LogP contribution in [0.2, 0.25) is 5.02 Å². The molecule has 2 N–H and O–H groups in total. The van der Waals surface area contributed by atoms with E-state index in [1.54, 1.807) is 13.8 Å². The zero-order valence-corrected chi connectivity index (χ0v) is 9.89. The van der Waals surface area contributed by atoms with Crippen molar-refractivity contribution in [1.29, 1.82) is 0 Å². The van der Waals surface area contributed by atoms with Crippen LogP contribution in [0.1, 0.15) is 11.4 Å². The van der Waals surface area contributed by atoms with Gasteiger partial charge < -0.3 is 5.73 Å². The first-order chi connectivity index (χ1) is 7.91. The molecule has 0 saturated heterocycles. The number of aryl methyl sites for hydroxylation is 1. The number of rotatable bonds is 1. The number of hydrogen-bond donors (Lipinski definition) is 1. The topological polar surface area (TPSA) is 56.7 Å². The van der Waals surface area contributed by atoms with E-state index in [2.05, 4.69) is 10.1 Å². The van der Waals surface area contributed by atoms with Crippen LogP contribution in [0.3, 0.4) is 0 Å². The van der Waals surface area contributed by atoms with E-state index in [0.29, 0.717) is 22.5 Å². The zero-order chi connectivity index (χ0) is 12.7. The highest BCUT2D eigenvalue weighted by Crippen LogP contribution is 2.23. The Labute approximate surface area is 101 Å². The summed E-state index contributed by atoms with van der Waals surface area (Å²) in [6, 6.07) is 0.669. The molecule has 0 aliphatic carbocycles. The first-order valence-corrected chi connectivity index (χ1v) is 5.13. The molecule has 4 nitrogen and oxygen atoms in total. The third kappa shape index (κ3) is 1.84. The number of pyridine rings is 1. The lowest BCUT2D eigenvalue weighted by Crippen LogP contribution is -2.08. The molecule has 0 spiro atoms. The number of halogens is 3. The number of nitrogen functional groups attached to an aromatic ring is 1. The summed E-state index contributed by atoms with van der Waals surface area (Å²) in [4.78, 5) is 3.63. The Hall–Kier alpha value is -1.69. The van der Waals surface area contributed by atoms with Gasteiger partial charge in [0.05, 0.1) is 16.4 Å². The second-order valence-corrected chi connectivity index (χ2v) is 3.94. The second-order valence-electron chi connectivity index (χ2n) is 3.56. The molecule has 0 bridgehead atoms. The van der Waals surface area contributed by atoms with E-state index in [1.165, 1.54) is 4.68 Å². The van der Waals surface area contributed by atoms with Crippen molar-refractivity contribution in [1.82, 2.24) is 14.8 Å². The minimum Gasteiger partial charge on any atom is -0.381 e. The summed E-state index contributed by atoms with van der Waals surface area (Å²) in [6.45, 7) is 3.33. The van der Waals surface area contributed by atoms with Crippen molar-refractivity contribution < 1.29 is 8.78 Å². The minimum atomic E-state index is -0.904. The van der Waals surface area contributed by atoms with Crippen LogP contribution in [0.5, 0.6) is 0 Å². The maximum Gasteiger partial charge on any atom is 0.192 e. The van der Waals surface area contributed by atoms with Gasteiger partial charge in [0.2, 0.25) is 0 Å². The second kappa shape index (κ2) is 3.96. The lowest BCUT2D eigenvalue weighted by molar-refractivity contribution is 0.562. The van der Waals surface area contributed by atoms with E-state index in [0.717, 1.165) is 0 Å². The van der Waals surface area contributed by atoms with E-state index in [-0.39, 0.29) is 11.6 Å². The van der Waals surface area contributed by atoms with Gasteiger partial charge in [0.15, 0.2) is 23.3 Å². The first kappa shape index (κ1) is 11.8. The Balaban J connectivity index is 2.68. The minimum absolute atomic E-state index is 0.170. The maximum atomic E-state index is 13.6. The molecule has 0 fully saturated rings. The number of hydrogen-bond acceptors (Lipinski definition) is 3. The fourth-order valence-electron chi connectivity index (χ4n) is 1.45. The summed E-state index contributed by atoms with van der Waals surface area (Å²) in [5.41, 5.74) is 6.35. The lowest BCUT2D eigenvalue weighted by atomic mass is 10.3. The molecular weight excluding hydrogens is 250 g/mol. The van der Waals surface area contributed by atoms with Crippen molar-refractivity contribution in [3.05, 3.63) is 34.1 Å². The highest BCUT2D eigenvalue weighted by atomic mass is 35.5. The predicted molar refractivity (Wildman–Crippen MR) is 60.2 cm³/mol. The predicted octanol–water partition coefficient (Wildman–Crippen LogP) is 2.40. The van der Waals surface area contributed by atoms with Crippen molar-refractivity contribution in [3.63, 3.8) is 0 Å². The molecule has 2 aromatic rings. The summed E-state index contributed by atoms with van der Waals surface area (Å²) in [7, 11) is 0. The summed E-state index contributed by atoms with van der Waals surface area (Å²) < 4.78 is 27.7. The average molecular weight is 259 g/mol. The largest absolute Gasteiger partial charge is 0.381 e. The van der Waals surface area contributed by atoms with E-state index in [4.69, 9.17) is 17.3 Å². The third-order valence-electron chi connectivity index (χ3n) is 2.34. The quantitative estimate of drug-likeness (QED) is 0.854. The fraction of sp³-hybridized carbons (Fsp3) is 0.200. The van der Waals surface area contributed by atoms with Crippen molar-refractivity contribution in [2.45, 2.75) is 13.8 Å². The molecule has 90 valence electrons. The van der Waals surface area contributed by atoms with Gasteiger partial charge in [-0.25, -0.2) is 18.4 Å². The van der Waals surface area contributed by atoms with Gasteiger partial charge in [-0.2, -0.15) is 5.10 Å². The Morgan fingerprint density at radius 3 is 2.47 bits per heavy atom. The van der Waals surface area contributed by atoms with E-state index in [1.807, 2.05) is 0 Å². The summed E-state index contributed by atoms with van der Waals surface area (Å²) in [5, 5.41) is 4.43. The molecule has 2 aromatic heterocycles. The van der Waals surface area contributed by atoms with Gasteiger partial charge in [-0.05, 0) is 13.8 Å². The van der Waals surface area contributed by atoms with Crippen LogP contribution >= 0.6 is 11.6 Å². The number of aromatic nitrogens is 3. The average Bonchev–Trinajstić information content (AvgIpc) is 2.51. The number of anilines is 1. The molecule has 0 aliphatic rings. The summed E-state index contributed by atoms with van der Waals surface area (Å²) in [5.74, 6) is -2.31. The smallest absolute Gasteiger partial charge is 0.192 e. The molecule has 0 unspecified atom stereocenters. The molecular formula is C10H9ClF2N4. The van der Waals surface area contributed by atoms with Crippen LogP contribution in [0.15, 0.2) is 6.07 Å². The van der Waals surface area contributed by atoms with Gasteiger partial charge >= 0.3 is 0 Å². The maximum absolute atomic E-state index is 13.6. The molecule has 0 radical (unpaired) electrons. The highest BCUT2D eigenvalue weighted by Gasteiger charge is 2.17. The van der Waals surface area contributed by atoms with Gasteiger partial charge in [0, 0.05) is 6.07 Å². The Kier molecular flexibility index (Phi) is 2.74. The van der Waals surface area contributed by atoms with E-state index >= 15 is 0 Å². The molecule has 7 heteroatoms. The number of nitrogens with two attached hydrogens (primary N) is 1. The SMILES string of the molecule is Cc1nn(-c2nc(N)c(F)cc2F)c(C)c1Cl. The standard InChI is InChI=1S/C10H9ClF2N4/c1-4-8(11)5(2)17(16-4)10-7(13)3-6(12)9(14)15-10/h3H,1-2H3,(H2,14,15). The van der Waals surface area contributed by atoms with Gasteiger partial charge in [-0.1, -0.05) is 11.6 Å². The summed E-state index contributed by atoms with van der Waals surface area (Å²) in [6.07, 6.45) is 0. The number of nitrogens with zero attached hydrogens (tertiary/aromatic N) is 3. The Morgan fingerprint density at radius 1 is 1.29 bits per heavy atom. The van der Waals surface area contributed by atoms with Crippen LogP contribution in [0, 0.1) is 25.5 Å². The van der Waals surface area contributed by atoms with Gasteiger partial charge in [-0.15, -0.1) is 0 Å². The van der Waals surface area contributed by atoms with Gasteiger partial charge in [-0.3, -0.25) is 0 Å². The Morgan fingerprint density at radius 2 is 1.94 bits per heavy atom. The Bertz CT molecular complexity index is 594. The fourth-order valence-corrected chi connectivity index (χ4v) is 1.57. The van der Waals surface area contributed by atoms with Crippen LogP contribution in [0.25, 0.3) is 5.82 Å². The molecule has 0 atom stereocenters. The zero-order valence-electron chi connectivity index (χ0n) is 9.13. The van der Waals surface area contributed by atoms with Gasteiger partial charge in [0.1, 0.15) is 0 Å². The highest BCUT2D eigenvalue weighted by molar-refractivity contribution is 6.31. The molecule has 17 heavy (non-hydrogen) atoms. The summed E-state index contributed by atoms with van der Waals surface area (Å²) >= 11 is 5.93. The first-order valence-electron chi connectivity index (χ1n) is 4.75. The van der Waals surface area contributed by atoms with E-state index in [9.17, 15) is 8.78 Å². The van der Waals surface area contributed by atoms with Crippen molar-refractivity contribution in [3.8, 4) is 5.82 Å². The van der Waals surface area contributed by atoms with Crippen LogP contribution in [-0.2, 0) is 0 Å². The van der Waals surface area contributed by atoms with Crippen molar-refractivity contribution in [2.75, 3.05) is 5.73 Å². The lowest BCUT2D eigenvalue weighted by Gasteiger charge is -2.06. The van der Waals surface area contributed by atoms with Crippen LogP contribution in [-0.4, -0.2) is 14.8 Å². The van der Waals surface area contributed by atoms with Crippen molar-refractivity contribution in [2.24, 2.45) is 0 Å². The normalized spacial score (nSPS) is 10.9. The van der Waals surface area contributed by atoms with E-state index < -0.39 is 11.6 Å². The van der Waals surface area contributed by atoms with Crippen LogP contribution in [0.4, 0.5) is 14.6 Å². The monoisotopic (exact) mass is 258 g/mol. The molecule has 2 heterocycles. The molecule has 0 aromatic carbocycles. The van der Waals surface area contributed by atoms with Crippen LogP contribution < -0.4 is 5.73 Å².